The van der Waals surface area contributed by atoms with Crippen LogP contribution in [-0.2, 0) is 6.54 Å². The Morgan fingerprint density at radius 2 is 1.53 bits per heavy atom. The second kappa shape index (κ2) is 9.60. The third kappa shape index (κ3) is 4.14. The number of methoxy groups -OCH3 is 2. The first kappa shape index (κ1) is 21.4. The summed E-state index contributed by atoms with van der Waals surface area (Å²) in [5.41, 5.74) is 8.24. The Bertz CT molecular complexity index is 1480. The second-order valence-corrected chi connectivity index (χ2v) is 7.59. The van der Waals surface area contributed by atoms with Crippen molar-refractivity contribution >= 4 is 33.7 Å². The van der Waals surface area contributed by atoms with E-state index in [1.54, 1.807) is 25.1 Å². The average molecular weight is 453 g/mol. The standard InChI is InChI=1S/C26H24N6O2/c1-33-24-13-11-18-7-3-5-9-20(18)22(24)15-27-30-26-31-28-17-32(26)29-16-23-21-10-6-4-8-19(21)12-14-25(23)34-2/h3-14,16-17,27H,15H2,1-2H3,(H,30,31)/b29-16+. The number of benzene rings is 4. The molecule has 0 atom stereocenters. The number of nitrogens with zero attached hydrogens (tertiary/aromatic N) is 4. The van der Waals surface area contributed by atoms with Crippen LogP contribution in [0.15, 0.2) is 84.2 Å². The Morgan fingerprint density at radius 3 is 2.29 bits per heavy atom. The van der Waals surface area contributed by atoms with Gasteiger partial charge in [-0.3, -0.25) is 5.43 Å². The minimum absolute atomic E-state index is 0.453. The van der Waals surface area contributed by atoms with Gasteiger partial charge >= 0.3 is 0 Å². The maximum Gasteiger partial charge on any atom is 0.259 e. The van der Waals surface area contributed by atoms with Gasteiger partial charge in [-0.15, -0.1) is 10.2 Å². The summed E-state index contributed by atoms with van der Waals surface area (Å²) in [4.78, 5) is 0. The van der Waals surface area contributed by atoms with Crippen LogP contribution >= 0.6 is 0 Å². The number of rotatable bonds is 8. The molecule has 2 N–H and O–H groups in total. The molecule has 5 rings (SSSR count). The minimum Gasteiger partial charge on any atom is -0.496 e. The van der Waals surface area contributed by atoms with Crippen molar-refractivity contribution in [2.45, 2.75) is 6.54 Å². The molecule has 0 aliphatic heterocycles. The second-order valence-electron chi connectivity index (χ2n) is 7.59. The van der Waals surface area contributed by atoms with E-state index in [1.165, 1.54) is 6.33 Å². The largest absolute Gasteiger partial charge is 0.496 e. The van der Waals surface area contributed by atoms with Crippen LogP contribution in [0.1, 0.15) is 11.1 Å². The van der Waals surface area contributed by atoms with Gasteiger partial charge < -0.3 is 9.47 Å². The van der Waals surface area contributed by atoms with Gasteiger partial charge in [-0.25, -0.2) is 5.43 Å². The van der Waals surface area contributed by atoms with Crippen LogP contribution in [0, 0.1) is 0 Å². The zero-order valence-corrected chi connectivity index (χ0v) is 18.9. The highest BCUT2D eigenvalue weighted by Gasteiger charge is 2.10. The summed E-state index contributed by atoms with van der Waals surface area (Å²) in [5.74, 6) is 2.01. The molecule has 0 spiro atoms. The molecule has 8 nitrogen and oxygen atoms in total. The molecule has 0 saturated carbocycles. The number of nitrogens with one attached hydrogen (secondary N) is 2. The predicted octanol–water partition coefficient (Wildman–Crippen LogP) is 4.60. The first-order valence-electron chi connectivity index (χ1n) is 10.8. The van der Waals surface area contributed by atoms with Gasteiger partial charge in [0.1, 0.15) is 17.8 Å². The normalized spacial score (nSPS) is 11.4. The lowest BCUT2D eigenvalue weighted by Gasteiger charge is -2.13. The van der Waals surface area contributed by atoms with Crippen LogP contribution < -0.4 is 20.3 Å². The van der Waals surface area contributed by atoms with Gasteiger partial charge in [-0.1, -0.05) is 60.7 Å². The fourth-order valence-corrected chi connectivity index (χ4v) is 4.00. The lowest BCUT2D eigenvalue weighted by molar-refractivity contribution is 0.409. The zero-order chi connectivity index (χ0) is 23.3. The van der Waals surface area contributed by atoms with Crippen LogP contribution in [0.5, 0.6) is 11.5 Å². The van der Waals surface area contributed by atoms with E-state index < -0.39 is 0 Å². The summed E-state index contributed by atoms with van der Waals surface area (Å²) >= 11 is 0. The first-order valence-corrected chi connectivity index (χ1v) is 10.8. The van der Waals surface area contributed by atoms with Crippen LogP contribution in [0.4, 0.5) is 5.95 Å². The van der Waals surface area contributed by atoms with Crippen molar-refractivity contribution in [2.24, 2.45) is 5.10 Å². The number of hydrazine groups is 1. The fourth-order valence-electron chi connectivity index (χ4n) is 4.00. The van der Waals surface area contributed by atoms with Crippen LogP contribution in [0.2, 0.25) is 0 Å². The molecule has 8 heteroatoms. The highest BCUT2D eigenvalue weighted by molar-refractivity contribution is 6.02. The Labute approximate surface area is 196 Å². The van der Waals surface area contributed by atoms with Crippen molar-refractivity contribution in [3.05, 3.63) is 90.3 Å². The fraction of sp³-hybridized carbons (Fsp3) is 0.115. The van der Waals surface area contributed by atoms with Crippen LogP contribution in [-0.4, -0.2) is 35.3 Å². The van der Waals surface area contributed by atoms with E-state index in [4.69, 9.17) is 9.47 Å². The number of anilines is 1. The molecule has 0 aliphatic carbocycles. The van der Waals surface area contributed by atoms with Gasteiger partial charge in [-0.05, 0) is 33.7 Å². The van der Waals surface area contributed by atoms with Crippen LogP contribution in [0.3, 0.4) is 0 Å². The number of aromatic nitrogens is 3. The summed E-state index contributed by atoms with van der Waals surface area (Å²) in [6, 6.07) is 24.3. The molecule has 34 heavy (non-hydrogen) atoms. The lowest BCUT2D eigenvalue weighted by Crippen LogP contribution is -2.23. The smallest absolute Gasteiger partial charge is 0.259 e. The number of hydrogen-bond donors (Lipinski definition) is 2. The molecule has 1 aromatic heterocycles. The van der Waals surface area contributed by atoms with Crippen molar-refractivity contribution in [3.63, 3.8) is 0 Å². The van der Waals surface area contributed by atoms with Gasteiger partial charge in [0.2, 0.25) is 0 Å². The summed E-state index contributed by atoms with van der Waals surface area (Å²) in [7, 11) is 3.33. The van der Waals surface area contributed by atoms with Crippen molar-refractivity contribution in [3.8, 4) is 11.5 Å². The molecule has 0 aliphatic rings. The van der Waals surface area contributed by atoms with E-state index in [9.17, 15) is 0 Å². The number of fused-ring (bicyclic) bond motifs is 2. The molecule has 0 saturated heterocycles. The number of ether oxygens (including phenoxy) is 2. The summed E-state index contributed by atoms with van der Waals surface area (Å²) < 4.78 is 12.7. The first-order chi connectivity index (χ1) is 16.8. The van der Waals surface area contributed by atoms with Crippen molar-refractivity contribution in [1.29, 1.82) is 0 Å². The molecule has 1 heterocycles. The van der Waals surface area contributed by atoms with Crippen molar-refractivity contribution in [1.82, 2.24) is 20.3 Å². The molecule has 0 bridgehead atoms. The lowest BCUT2D eigenvalue weighted by atomic mass is 10.0. The summed E-state index contributed by atoms with van der Waals surface area (Å²) in [6.45, 7) is 0.512. The Hall–Kier alpha value is -4.43. The molecule has 170 valence electrons. The van der Waals surface area contributed by atoms with E-state index in [-0.39, 0.29) is 0 Å². The van der Waals surface area contributed by atoms with E-state index in [2.05, 4.69) is 50.4 Å². The molecule has 4 aromatic carbocycles. The molecule has 0 amide bonds. The van der Waals surface area contributed by atoms with E-state index >= 15 is 0 Å². The Morgan fingerprint density at radius 1 is 0.853 bits per heavy atom. The summed E-state index contributed by atoms with van der Waals surface area (Å²) in [5, 5.41) is 17.1. The molecule has 5 aromatic rings. The van der Waals surface area contributed by atoms with Crippen molar-refractivity contribution < 1.29 is 9.47 Å². The Kier molecular flexibility index (Phi) is 6.05. The number of hydrogen-bond acceptors (Lipinski definition) is 7. The monoisotopic (exact) mass is 452 g/mol. The minimum atomic E-state index is 0.453. The molecule has 0 radical (unpaired) electrons. The Balaban J connectivity index is 1.37. The van der Waals surface area contributed by atoms with Gasteiger partial charge in [-0.2, -0.15) is 9.78 Å². The molecular weight excluding hydrogens is 428 g/mol. The van der Waals surface area contributed by atoms with E-state index in [0.717, 1.165) is 44.2 Å². The average Bonchev–Trinajstić information content (AvgIpc) is 3.34. The van der Waals surface area contributed by atoms with Gasteiger partial charge in [0, 0.05) is 17.7 Å². The highest BCUT2D eigenvalue weighted by atomic mass is 16.5. The maximum atomic E-state index is 5.57. The van der Waals surface area contributed by atoms with E-state index in [0.29, 0.717) is 12.5 Å². The zero-order valence-electron chi connectivity index (χ0n) is 18.9. The van der Waals surface area contributed by atoms with Gasteiger partial charge in [0.05, 0.1) is 20.4 Å². The van der Waals surface area contributed by atoms with Crippen LogP contribution in [0.25, 0.3) is 21.5 Å². The molecule has 0 unspecified atom stereocenters. The SMILES string of the molecule is COc1ccc2ccccc2c1/C=N/n1cnnc1NNCc1c(OC)ccc2ccccc12. The topological polar surface area (TPSA) is 85.6 Å². The van der Waals surface area contributed by atoms with Crippen molar-refractivity contribution in [2.75, 3.05) is 19.6 Å². The maximum absolute atomic E-state index is 5.57. The highest BCUT2D eigenvalue weighted by Crippen LogP contribution is 2.28. The van der Waals surface area contributed by atoms with E-state index in [1.807, 2.05) is 48.5 Å². The predicted molar refractivity (Wildman–Crippen MR) is 134 cm³/mol. The third-order valence-electron chi connectivity index (χ3n) is 5.68. The van der Waals surface area contributed by atoms with Gasteiger partial charge in [0.15, 0.2) is 0 Å². The quantitative estimate of drug-likeness (QED) is 0.264. The molecule has 0 fully saturated rings. The third-order valence-corrected chi connectivity index (χ3v) is 5.68. The van der Waals surface area contributed by atoms with Gasteiger partial charge in [0.25, 0.3) is 5.95 Å². The summed E-state index contributed by atoms with van der Waals surface area (Å²) in [6.07, 6.45) is 3.29. The molecular formula is C26H24N6O2.